The number of aromatic nitrogens is 2. The first-order chi connectivity index (χ1) is 20.1. The molecule has 1 N–H and O–H groups in total. The van der Waals surface area contributed by atoms with Crippen molar-refractivity contribution in [3.63, 3.8) is 0 Å². The van der Waals surface area contributed by atoms with Crippen molar-refractivity contribution in [2.75, 3.05) is 31.1 Å². The van der Waals surface area contributed by atoms with Gasteiger partial charge in [0.25, 0.3) is 5.91 Å². The molecule has 0 unspecified atom stereocenters. The minimum Gasteiger partial charge on any atom is -0.501 e. The quantitative estimate of drug-likeness (QED) is 0.355. The topological polar surface area (TPSA) is 130 Å². The predicted octanol–water partition coefficient (Wildman–Crippen LogP) is 3.55. The molecule has 3 heterocycles. The molecule has 0 radical (unpaired) electrons. The summed E-state index contributed by atoms with van der Waals surface area (Å²) in [7, 11) is -3.66. The number of carbonyl (C=O) groups excluding carboxylic acids is 2. The largest absolute Gasteiger partial charge is 0.501 e. The number of amides is 2. The molecule has 13 heteroatoms. The van der Waals surface area contributed by atoms with E-state index in [1.54, 1.807) is 35.2 Å². The molecule has 5 rings (SSSR count). The molecule has 1 aromatic heterocycles. The molecular formula is C29H31ClN4O6S2. The monoisotopic (exact) mass is 630 g/mol. The summed E-state index contributed by atoms with van der Waals surface area (Å²) in [5, 5.41) is 11.2. The normalized spacial score (nSPS) is 17.0. The number of rotatable bonds is 9. The van der Waals surface area contributed by atoms with Crippen molar-refractivity contribution in [3.05, 3.63) is 81.0 Å². The Balaban J connectivity index is 1.34. The lowest BCUT2D eigenvalue weighted by Gasteiger charge is -2.33. The Morgan fingerprint density at radius 1 is 1.10 bits per heavy atom. The van der Waals surface area contributed by atoms with E-state index < -0.39 is 33.1 Å². The molecule has 0 aliphatic carbocycles. The third kappa shape index (κ3) is 6.06. The fourth-order valence-corrected chi connectivity index (χ4v) is 7.71. The summed E-state index contributed by atoms with van der Waals surface area (Å²) in [6, 6.07) is 13.4. The van der Waals surface area contributed by atoms with Crippen LogP contribution in [-0.4, -0.2) is 75.8 Å². The van der Waals surface area contributed by atoms with E-state index in [9.17, 15) is 27.9 Å². The maximum absolute atomic E-state index is 13.5. The number of aryl methyl sites for hydroxylation is 1. The van der Waals surface area contributed by atoms with E-state index in [-0.39, 0.29) is 53.5 Å². The van der Waals surface area contributed by atoms with E-state index in [1.807, 2.05) is 25.1 Å². The number of hydrogen-bond acceptors (Lipinski definition) is 8. The molecule has 1 saturated heterocycles. The Labute approximate surface area is 253 Å². The fourth-order valence-electron chi connectivity index (χ4n) is 5.34. The number of hydrogen-bond donors (Lipinski definition) is 1. The van der Waals surface area contributed by atoms with Crippen LogP contribution < -0.4 is 5.56 Å². The van der Waals surface area contributed by atoms with Crippen LogP contribution in [0.5, 0.6) is 5.75 Å². The molecule has 42 heavy (non-hydrogen) atoms. The molecule has 2 aliphatic heterocycles. The summed E-state index contributed by atoms with van der Waals surface area (Å²) < 4.78 is 27.4. The van der Waals surface area contributed by atoms with Gasteiger partial charge in [-0.15, -0.1) is 11.8 Å². The van der Waals surface area contributed by atoms with Crippen molar-refractivity contribution in [2.45, 2.75) is 48.6 Å². The van der Waals surface area contributed by atoms with Gasteiger partial charge in [-0.2, -0.15) is 4.98 Å². The van der Waals surface area contributed by atoms with Crippen LogP contribution in [0.4, 0.5) is 0 Å². The summed E-state index contributed by atoms with van der Waals surface area (Å²) in [6.07, 6.45) is 2.03. The average Bonchev–Trinajstić information content (AvgIpc) is 3.48. The molecule has 0 spiro atoms. The second-order valence-electron chi connectivity index (χ2n) is 10.2. The Kier molecular flexibility index (Phi) is 8.95. The Hall–Kier alpha value is -3.35. The lowest BCUT2D eigenvalue weighted by atomic mass is 10.1. The summed E-state index contributed by atoms with van der Waals surface area (Å²) >= 11 is 7.55. The summed E-state index contributed by atoms with van der Waals surface area (Å²) in [4.78, 5) is 47.5. The van der Waals surface area contributed by atoms with Crippen molar-refractivity contribution in [1.82, 2.24) is 19.4 Å². The van der Waals surface area contributed by atoms with Gasteiger partial charge in [0.15, 0.2) is 15.5 Å². The van der Waals surface area contributed by atoms with Gasteiger partial charge in [-0.25, -0.2) is 8.42 Å². The van der Waals surface area contributed by atoms with E-state index in [0.717, 1.165) is 16.9 Å². The number of likely N-dealkylation sites (tertiary alicyclic amines) is 1. The van der Waals surface area contributed by atoms with Crippen LogP contribution in [0.2, 0.25) is 5.02 Å². The maximum Gasteiger partial charge on any atom is 0.315 e. The highest BCUT2D eigenvalue weighted by Gasteiger charge is 2.38. The first-order valence-electron chi connectivity index (χ1n) is 13.7. The van der Waals surface area contributed by atoms with Crippen molar-refractivity contribution in [1.29, 1.82) is 0 Å². The SMILES string of the molecule is CCc1ccc(S(=O)(=O)CCN2CCn3c([C@@H]4CCCN4C(=O)CSc4ccccc4Cl)nc(=O)c(O)c3C2=O)cc1. The number of fused-ring (bicyclic) bond motifs is 1. The van der Waals surface area contributed by atoms with E-state index in [2.05, 4.69) is 4.98 Å². The lowest BCUT2D eigenvalue weighted by molar-refractivity contribution is -0.129. The summed E-state index contributed by atoms with van der Waals surface area (Å²) in [5.41, 5.74) is -0.172. The zero-order valence-electron chi connectivity index (χ0n) is 23.0. The number of aromatic hydroxyl groups is 1. The fraction of sp³-hybridized carbons (Fsp3) is 0.379. The average molecular weight is 631 g/mol. The van der Waals surface area contributed by atoms with E-state index in [4.69, 9.17) is 11.6 Å². The second kappa shape index (κ2) is 12.5. The van der Waals surface area contributed by atoms with Gasteiger partial charge in [0.2, 0.25) is 11.7 Å². The predicted molar refractivity (Wildman–Crippen MR) is 160 cm³/mol. The van der Waals surface area contributed by atoms with Crippen LogP contribution >= 0.6 is 23.4 Å². The van der Waals surface area contributed by atoms with Crippen LogP contribution in [-0.2, 0) is 27.6 Å². The van der Waals surface area contributed by atoms with Gasteiger partial charge in [0.05, 0.1) is 27.5 Å². The molecule has 0 saturated carbocycles. The Bertz CT molecular complexity index is 1680. The van der Waals surface area contributed by atoms with E-state index in [0.29, 0.717) is 24.4 Å². The first kappa shape index (κ1) is 30.1. The van der Waals surface area contributed by atoms with E-state index in [1.165, 1.54) is 21.2 Å². The minimum atomic E-state index is -3.66. The zero-order valence-corrected chi connectivity index (χ0v) is 25.4. The number of thioether (sulfide) groups is 1. The smallest absolute Gasteiger partial charge is 0.315 e. The first-order valence-corrected chi connectivity index (χ1v) is 16.7. The molecule has 0 bridgehead atoms. The molecule has 2 aliphatic rings. The molecular weight excluding hydrogens is 600 g/mol. The van der Waals surface area contributed by atoms with Crippen molar-refractivity contribution >= 4 is 45.0 Å². The molecule has 2 amide bonds. The van der Waals surface area contributed by atoms with Crippen LogP contribution in [0.15, 0.2) is 63.1 Å². The van der Waals surface area contributed by atoms with Gasteiger partial charge in [-0.1, -0.05) is 42.8 Å². The molecule has 2 aromatic carbocycles. The number of sulfone groups is 1. The number of carbonyl (C=O) groups is 2. The standard InChI is InChI=1S/C29H31ClN4O6S2/c1-2-19-9-11-20(12-10-19)42(39,40)17-16-32-14-15-34-25(29(32)38)26(36)28(37)31-27(34)22-7-5-13-33(22)24(35)18-41-23-8-4-3-6-21(23)30/h3-4,6,8-12,22,36H,2,5,7,13-18H2,1H3/t22-/m0/s1. The van der Waals surface area contributed by atoms with Crippen molar-refractivity contribution in [2.24, 2.45) is 0 Å². The number of halogens is 1. The van der Waals surface area contributed by atoms with Crippen LogP contribution in [0.25, 0.3) is 0 Å². The lowest BCUT2D eigenvalue weighted by Crippen LogP contribution is -2.46. The van der Waals surface area contributed by atoms with Crippen LogP contribution in [0.1, 0.15) is 47.7 Å². The van der Waals surface area contributed by atoms with Crippen LogP contribution in [0, 0.1) is 0 Å². The van der Waals surface area contributed by atoms with Crippen molar-refractivity contribution in [3.8, 4) is 5.75 Å². The maximum atomic E-state index is 13.5. The van der Waals surface area contributed by atoms with Gasteiger partial charge in [0.1, 0.15) is 5.82 Å². The highest BCUT2D eigenvalue weighted by Crippen LogP contribution is 2.35. The molecule has 1 atom stereocenters. The van der Waals surface area contributed by atoms with Crippen molar-refractivity contribution < 1.29 is 23.1 Å². The Morgan fingerprint density at radius 3 is 2.55 bits per heavy atom. The van der Waals surface area contributed by atoms with Gasteiger partial charge in [0, 0.05) is 31.1 Å². The Morgan fingerprint density at radius 2 is 1.83 bits per heavy atom. The number of nitrogens with zero attached hydrogens (tertiary/aromatic N) is 4. The van der Waals surface area contributed by atoms with Gasteiger partial charge < -0.3 is 19.5 Å². The zero-order chi connectivity index (χ0) is 30.0. The molecule has 1 fully saturated rings. The molecule has 3 aromatic rings. The molecule has 222 valence electrons. The second-order valence-corrected chi connectivity index (χ2v) is 13.7. The summed E-state index contributed by atoms with van der Waals surface area (Å²) in [5.74, 6) is -1.50. The molecule has 10 nitrogen and oxygen atoms in total. The summed E-state index contributed by atoms with van der Waals surface area (Å²) in [6.45, 7) is 2.70. The highest BCUT2D eigenvalue weighted by atomic mass is 35.5. The van der Waals surface area contributed by atoms with Gasteiger partial charge >= 0.3 is 5.56 Å². The minimum absolute atomic E-state index is 0.102. The third-order valence-corrected chi connectivity index (χ3v) is 10.9. The van der Waals surface area contributed by atoms with Gasteiger partial charge in [-0.05, 0) is 49.1 Å². The van der Waals surface area contributed by atoms with E-state index >= 15 is 0 Å². The third-order valence-electron chi connectivity index (χ3n) is 7.65. The highest BCUT2D eigenvalue weighted by molar-refractivity contribution is 8.00. The van der Waals surface area contributed by atoms with Gasteiger partial charge in [-0.3, -0.25) is 14.4 Å². The van der Waals surface area contributed by atoms with Crippen LogP contribution in [0.3, 0.4) is 0 Å². The number of benzene rings is 2.